The van der Waals surface area contributed by atoms with E-state index in [1.54, 1.807) is 19.0 Å². The standard InChI is InChI=1S/C3H7N2/c1-5(2)3-4/h3H,1-2H3. The summed E-state index contributed by atoms with van der Waals surface area (Å²) in [5.74, 6) is 0. The van der Waals surface area contributed by atoms with Crippen LogP contribution in [-0.4, -0.2) is 25.3 Å². The molecule has 0 heterocycles. The fraction of sp³-hybridized carbons (Fsp3) is 0.667. The fourth-order valence-corrected chi connectivity index (χ4v) is 0. The van der Waals surface area contributed by atoms with Gasteiger partial charge in [-0.15, -0.1) is 5.41 Å². The molecule has 0 saturated heterocycles. The van der Waals surface area contributed by atoms with Gasteiger partial charge in [0.05, 0.1) is 0 Å². The van der Waals surface area contributed by atoms with Crippen molar-refractivity contribution in [1.29, 1.82) is 0 Å². The molecular formula is C3H7N2. The van der Waals surface area contributed by atoms with E-state index in [0.717, 1.165) is 6.34 Å². The summed E-state index contributed by atoms with van der Waals surface area (Å²) in [5, 5.41) is 7.94. The molecule has 2 heteroatoms. The van der Waals surface area contributed by atoms with E-state index >= 15 is 0 Å². The predicted molar refractivity (Wildman–Crippen MR) is 21.9 cm³/mol. The fourth-order valence-electron chi connectivity index (χ4n) is 0. The molecule has 0 aromatic rings. The topological polar surface area (TPSA) is 25.5 Å². The molecule has 0 aromatic carbocycles. The molecule has 5 heavy (non-hydrogen) atoms. The van der Waals surface area contributed by atoms with Gasteiger partial charge in [-0.25, -0.2) is 0 Å². The van der Waals surface area contributed by atoms with Gasteiger partial charge < -0.3 is 4.90 Å². The summed E-state index contributed by atoms with van der Waals surface area (Å²) in [6, 6.07) is 0. The first kappa shape index (κ1) is 4.47. The maximum absolute atomic E-state index is 7.94. The highest BCUT2D eigenvalue weighted by Crippen LogP contribution is 1.51. The molecule has 0 rings (SSSR count). The van der Waals surface area contributed by atoms with Gasteiger partial charge in [-0.1, -0.05) is 0 Å². The minimum Gasteiger partial charge on any atom is -0.367 e. The van der Waals surface area contributed by atoms with Crippen molar-refractivity contribution in [3.8, 4) is 0 Å². The van der Waals surface area contributed by atoms with E-state index in [0.29, 0.717) is 0 Å². The molecule has 0 fully saturated rings. The van der Waals surface area contributed by atoms with Crippen LogP contribution >= 0.6 is 0 Å². The molecule has 0 spiro atoms. The molecule has 0 aliphatic rings. The molecule has 0 saturated carbocycles. The van der Waals surface area contributed by atoms with Crippen molar-refractivity contribution in [2.75, 3.05) is 14.1 Å². The minimum atomic E-state index is 1.00. The molecule has 0 bridgehead atoms. The summed E-state index contributed by atoms with van der Waals surface area (Å²) in [5.41, 5.74) is 0. The molecular weight excluding hydrogens is 64.0 g/mol. The van der Waals surface area contributed by atoms with Crippen LogP contribution in [-0.2, 0) is 0 Å². The van der Waals surface area contributed by atoms with Gasteiger partial charge in [-0.05, 0) is 0 Å². The van der Waals surface area contributed by atoms with Gasteiger partial charge in [0.1, 0.15) is 6.34 Å². The van der Waals surface area contributed by atoms with Gasteiger partial charge in [0, 0.05) is 14.1 Å². The quantitative estimate of drug-likeness (QED) is 0.298. The maximum Gasteiger partial charge on any atom is 0.113 e. The van der Waals surface area contributed by atoms with Crippen molar-refractivity contribution in [2.24, 2.45) is 0 Å². The van der Waals surface area contributed by atoms with Gasteiger partial charge in [0.25, 0.3) is 0 Å². The summed E-state index contributed by atoms with van der Waals surface area (Å²) in [7, 11) is 3.50. The highest BCUT2D eigenvalue weighted by Gasteiger charge is 1.65. The Balaban J connectivity index is 2.83. The second-order valence-corrected chi connectivity index (χ2v) is 1.08. The first-order valence-electron chi connectivity index (χ1n) is 1.41. The van der Waals surface area contributed by atoms with E-state index in [1.165, 1.54) is 0 Å². The van der Waals surface area contributed by atoms with Crippen molar-refractivity contribution in [1.82, 2.24) is 10.3 Å². The lowest BCUT2D eigenvalue weighted by Gasteiger charge is -1.95. The number of hydrogen-bond acceptors (Lipinski definition) is 0. The Morgan fingerprint density at radius 2 is 1.80 bits per heavy atom. The van der Waals surface area contributed by atoms with E-state index in [-0.39, 0.29) is 0 Å². The van der Waals surface area contributed by atoms with E-state index in [2.05, 4.69) is 0 Å². The van der Waals surface area contributed by atoms with Crippen molar-refractivity contribution in [3.63, 3.8) is 0 Å². The van der Waals surface area contributed by atoms with E-state index < -0.39 is 0 Å². The zero-order chi connectivity index (χ0) is 4.28. The molecule has 1 radical (unpaired) electrons. The second-order valence-electron chi connectivity index (χ2n) is 1.08. The molecule has 29 valence electrons. The monoisotopic (exact) mass is 71.1 g/mol. The summed E-state index contributed by atoms with van der Waals surface area (Å²) in [4.78, 5) is 1.56. The van der Waals surface area contributed by atoms with Crippen molar-refractivity contribution in [3.05, 3.63) is 0 Å². The molecule has 2 nitrogen and oxygen atoms in total. The zero-order valence-corrected chi connectivity index (χ0v) is 3.47. The lowest BCUT2D eigenvalue weighted by Crippen LogP contribution is -2.07. The lowest BCUT2D eigenvalue weighted by atomic mass is 11.0. The molecule has 0 N–H and O–H groups in total. The van der Waals surface area contributed by atoms with Crippen LogP contribution in [0.1, 0.15) is 0 Å². The Hall–Kier alpha value is -0.530. The first-order chi connectivity index (χ1) is 2.27. The summed E-state index contributed by atoms with van der Waals surface area (Å²) < 4.78 is 0. The minimum absolute atomic E-state index is 1.00. The molecule has 0 atom stereocenters. The molecule has 0 amide bonds. The predicted octanol–water partition coefficient (Wildman–Crippen LogP) is -0.624. The van der Waals surface area contributed by atoms with E-state index in [9.17, 15) is 0 Å². The molecule has 0 aromatic heterocycles. The Morgan fingerprint density at radius 3 is 1.80 bits per heavy atom. The van der Waals surface area contributed by atoms with Gasteiger partial charge >= 0.3 is 0 Å². The Kier molecular flexibility index (Phi) is 1.57. The van der Waals surface area contributed by atoms with Crippen LogP contribution in [0.25, 0.3) is 0 Å². The normalized spacial score (nSPS) is 6.80. The lowest BCUT2D eigenvalue weighted by molar-refractivity contribution is 0.644. The second kappa shape index (κ2) is 1.76. The number of hydrogen-bond donors (Lipinski definition) is 0. The van der Waals surface area contributed by atoms with Crippen LogP contribution in [0, 0.1) is 0 Å². The summed E-state index contributed by atoms with van der Waals surface area (Å²) >= 11 is 0. The first-order valence-corrected chi connectivity index (χ1v) is 1.41. The average Bonchev–Trinajstić information content (AvgIpc) is 1.38. The van der Waals surface area contributed by atoms with E-state index in [4.69, 9.17) is 5.41 Å². The Bertz CT molecular complexity index is 31.9. The Morgan fingerprint density at radius 1 is 1.60 bits per heavy atom. The third-order valence-electron chi connectivity index (χ3n) is 0.231. The number of rotatable bonds is 1. The summed E-state index contributed by atoms with van der Waals surface area (Å²) in [6.07, 6.45) is 1.00. The average molecular weight is 71.1 g/mol. The highest BCUT2D eigenvalue weighted by molar-refractivity contribution is 5.50. The van der Waals surface area contributed by atoms with E-state index in [1.807, 2.05) is 0 Å². The largest absolute Gasteiger partial charge is 0.367 e. The SMILES string of the molecule is CN(C)C=[N]. The van der Waals surface area contributed by atoms with Crippen LogP contribution < -0.4 is 5.41 Å². The van der Waals surface area contributed by atoms with Crippen LogP contribution in [0.15, 0.2) is 0 Å². The van der Waals surface area contributed by atoms with Gasteiger partial charge in [0.2, 0.25) is 0 Å². The maximum atomic E-state index is 7.94. The third kappa shape index (κ3) is 3.47. The van der Waals surface area contributed by atoms with Crippen molar-refractivity contribution >= 4 is 6.34 Å². The van der Waals surface area contributed by atoms with Crippen molar-refractivity contribution in [2.45, 2.75) is 0 Å². The van der Waals surface area contributed by atoms with Crippen LogP contribution in [0.3, 0.4) is 0 Å². The van der Waals surface area contributed by atoms with Crippen LogP contribution in [0.5, 0.6) is 0 Å². The molecule has 0 unspecified atom stereocenters. The zero-order valence-electron chi connectivity index (χ0n) is 3.47. The Labute approximate surface area is 31.9 Å². The van der Waals surface area contributed by atoms with Gasteiger partial charge in [0.15, 0.2) is 0 Å². The van der Waals surface area contributed by atoms with Crippen LogP contribution in [0.2, 0.25) is 0 Å². The van der Waals surface area contributed by atoms with Crippen molar-refractivity contribution < 1.29 is 0 Å². The summed E-state index contributed by atoms with van der Waals surface area (Å²) in [6.45, 7) is 0. The number of nitrogens with zero attached hydrogens (tertiary/aromatic N) is 2. The highest BCUT2D eigenvalue weighted by atomic mass is 15.1. The molecule has 0 aliphatic heterocycles. The third-order valence-corrected chi connectivity index (χ3v) is 0.231. The van der Waals surface area contributed by atoms with Gasteiger partial charge in [-0.2, -0.15) is 0 Å². The van der Waals surface area contributed by atoms with Gasteiger partial charge in [-0.3, -0.25) is 0 Å². The molecule has 0 aliphatic carbocycles. The van der Waals surface area contributed by atoms with Crippen LogP contribution in [0.4, 0.5) is 0 Å². The smallest absolute Gasteiger partial charge is 0.113 e.